The molecule has 0 aliphatic heterocycles. The maximum Gasteiger partial charge on any atom is 0.333 e. The number of halogens is 2. The molecule has 0 unspecified atom stereocenters. The van der Waals surface area contributed by atoms with E-state index >= 15 is 0 Å². The third-order valence-electron chi connectivity index (χ3n) is 3.33. The van der Waals surface area contributed by atoms with Crippen molar-refractivity contribution < 1.29 is 14.3 Å². The zero-order valence-electron chi connectivity index (χ0n) is 13.0. The smallest absolute Gasteiger partial charge is 0.333 e. The lowest BCUT2D eigenvalue weighted by Crippen LogP contribution is -2.36. The Morgan fingerprint density at radius 3 is 2.25 bits per heavy atom. The molecule has 24 heavy (non-hydrogen) atoms. The minimum Gasteiger partial charge on any atom is -0.464 e. The largest absolute Gasteiger partial charge is 0.464 e. The second-order valence-corrected chi connectivity index (χ2v) is 5.89. The van der Waals surface area contributed by atoms with Crippen molar-refractivity contribution in [1.29, 1.82) is 0 Å². The Morgan fingerprint density at radius 2 is 1.67 bits per heavy atom. The fourth-order valence-electron chi connectivity index (χ4n) is 2.15. The Morgan fingerprint density at radius 1 is 1.04 bits per heavy atom. The van der Waals surface area contributed by atoms with E-state index in [1.165, 1.54) is 0 Å². The van der Waals surface area contributed by atoms with E-state index in [-0.39, 0.29) is 6.61 Å². The van der Waals surface area contributed by atoms with Crippen LogP contribution < -0.4 is 5.32 Å². The first-order valence-electron chi connectivity index (χ1n) is 7.44. The van der Waals surface area contributed by atoms with Crippen molar-refractivity contribution in [3.63, 3.8) is 0 Å². The highest BCUT2D eigenvalue weighted by atomic mass is 35.5. The first-order chi connectivity index (χ1) is 11.5. The molecule has 1 amide bonds. The van der Waals surface area contributed by atoms with Crippen molar-refractivity contribution in [1.82, 2.24) is 5.32 Å². The number of carbonyl (C=O) groups is 2. The summed E-state index contributed by atoms with van der Waals surface area (Å²) in [5.74, 6) is -1.02. The Kier molecular flexibility index (Phi) is 6.64. The quantitative estimate of drug-likeness (QED) is 0.620. The van der Waals surface area contributed by atoms with Crippen molar-refractivity contribution in [3.05, 3.63) is 70.7 Å². The van der Waals surface area contributed by atoms with E-state index in [9.17, 15) is 9.59 Å². The van der Waals surface area contributed by atoms with Crippen LogP contribution in [0, 0.1) is 0 Å². The Balaban J connectivity index is 2.17. The SMILES string of the molecule is CCOC(=O)[C@H](NC(=O)[C@@H](Cl)c1ccc(Cl)cc1)c1ccccc1. The molecule has 0 aromatic heterocycles. The van der Waals surface area contributed by atoms with E-state index in [2.05, 4.69) is 5.32 Å². The van der Waals surface area contributed by atoms with E-state index < -0.39 is 23.3 Å². The summed E-state index contributed by atoms with van der Waals surface area (Å²) in [6, 6.07) is 14.6. The fourth-order valence-corrected chi connectivity index (χ4v) is 2.48. The van der Waals surface area contributed by atoms with E-state index in [0.29, 0.717) is 16.1 Å². The predicted octanol–water partition coefficient (Wildman–Crippen LogP) is 4.04. The summed E-state index contributed by atoms with van der Waals surface area (Å²) in [6.07, 6.45) is 0. The molecule has 0 spiro atoms. The molecule has 2 rings (SSSR count). The normalized spacial score (nSPS) is 13.0. The summed E-state index contributed by atoms with van der Waals surface area (Å²) in [4.78, 5) is 24.6. The molecule has 126 valence electrons. The number of hydrogen-bond donors (Lipinski definition) is 1. The molecule has 0 saturated carbocycles. The lowest BCUT2D eigenvalue weighted by Gasteiger charge is -2.19. The number of benzene rings is 2. The average Bonchev–Trinajstić information content (AvgIpc) is 2.60. The lowest BCUT2D eigenvalue weighted by molar-refractivity contribution is -0.147. The topological polar surface area (TPSA) is 55.4 Å². The van der Waals surface area contributed by atoms with Gasteiger partial charge in [-0.05, 0) is 30.2 Å². The Hall–Kier alpha value is -2.04. The van der Waals surface area contributed by atoms with Gasteiger partial charge in [0, 0.05) is 5.02 Å². The number of ether oxygens (including phenoxy) is 1. The van der Waals surface area contributed by atoms with E-state index in [0.717, 1.165) is 0 Å². The van der Waals surface area contributed by atoms with Gasteiger partial charge in [-0.1, -0.05) is 54.1 Å². The molecule has 0 aliphatic carbocycles. The van der Waals surface area contributed by atoms with Crippen LogP contribution >= 0.6 is 23.2 Å². The van der Waals surface area contributed by atoms with E-state index in [1.807, 2.05) is 6.07 Å². The molecule has 0 fully saturated rings. The number of nitrogens with one attached hydrogen (secondary N) is 1. The van der Waals surface area contributed by atoms with Gasteiger partial charge in [0.05, 0.1) is 6.61 Å². The Bertz CT molecular complexity index is 689. The molecule has 1 N–H and O–H groups in total. The van der Waals surface area contributed by atoms with Gasteiger partial charge >= 0.3 is 5.97 Å². The molecule has 4 nitrogen and oxygen atoms in total. The molecular formula is C18H17Cl2NO3. The lowest BCUT2D eigenvalue weighted by atomic mass is 10.1. The zero-order chi connectivity index (χ0) is 17.5. The van der Waals surface area contributed by atoms with E-state index in [1.54, 1.807) is 55.5 Å². The summed E-state index contributed by atoms with van der Waals surface area (Å²) in [5.41, 5.74) is 1.22. The summed E-state index contributed by atoms with van der Waals surface area (Å²) >= 11 is 12.0. The molecule has 0 saturated heterocycles. The number of amides is 1. The van der Waals surface area contributed by atoms with Crippen LogP contribution in [0.3, 0.4) is 0 Å². The highest BCUT2D eigenvalue weighted by molar-refractivity contribution is 6.31. The van der Waals surface area contributed by atoms with Gasteiger partial charge in [-0.15, -0.1) is 11.6 Å². The molecule has 0 bridgehead atoms. The molecule has 0 radical (unpaired) electrons. The van der Waals surface area contributed by atoms with Crippen LogP contribution in [0.5, 0.6) is 0 Å². The third-order valence-corrected chi connectivity index (χ3v) is 4.04. The first-order valence-corrected chi connectivity index (χ1v) is 8.26. The third kappa shape index (κ3) is 4.73. The van der Waals surface area contributed by atoms with Crippen LogP contribution in [0.2, 0.25) is 5.02 Å². The molecule has 0 aliphatic rings. The van der Waals surface area contributed by atoms with E-state index in [4.69, 9.17) is 27.9 Å². The van der Waals surface area contributed by atoms with Crippen LogP contribution in [-0.2, 0) is 14.3 Å². The molecular weight excluding hydrogens is 349 g/mol. The molecule has 2 aromatic rings. The minimum atomic E-state index is -0.942. The second-order valence-electron chi connectivity index (χ2n) is 5.02. The Labute approximate surface area is 150 Å². The van der Waals surface area contributed by atoms with Gasteiger partial charge in [-0.3, -0.25) is 4.79 Å². The molecule has 2 aromatic carbocycles. The number of carbonyl (C=O) groups excluding carboxylic acids is 2. The average molecular weight is 366 g/mol. The van der Waals surface area contributed by atoms with Gasteiger partial charge in [0.15, 0.2) is 6.04 Å². The fraction of sp³-hybridized carbons (Fsp3) is 0.222. The number of alkyl halides is 1. The highest BCUT2D eigenvalue weighted by Crippen LogP contribution is 2.24. The van der Waals surface area contributed by atoms with Crippen molar-refractivity contribution in [3.8, 4) is 0 Å². The van der Waals surface area contributed by atoms with Gasteiger partial charge in [0.2, 0.25) is 5.91 Å². The standard InChI is InChI=1S/C18H17Cl2NO3/c1-2-24-18(23)16(13-6-4-3-5-7-13)21-17(22)15(20)12-8-10-14(19)11-9-12/h3-11,15-16H,2H2,1H3,(H,21,22)/t15-,16+/m0/s1. The van der Waals surface area contributed by atoms with Crippen molar-refractivity contribution in [2.24, 2.45) is 0 Å². The maximum absolute atomic E-state index is 12.4. The number of rotatable bonds is 6. The van der Waals surface area contributed by atoms with Gasteiger partial charge in [-0.2, -0.15) is 0 Å². The second kappa shape index (κ2) is 8.71. The first kappa shape index (κ1) is 18.3. The molecule has 0 heterocycles. The maximum atomic E-state index is 12.4. The van der Waals surface area contributed by atoms with Crippen molar-refractivity contribution in [2.75, 3.05) is 6.61 Å². The predicted molar refractivity (Wildman–Crippen MR) is 94.0 cm³/mol. The van der Waals surface area contributed by atoms with Gasteiger partial charge in [-0.25, -0.2) is 4.79 Å². The minimum absolute atomic E-state index is 0.222. The monoisotopic (exact) mass is 365 g/mol. The van der Waals surface area contributed by atoms with Crippen LogP contribution in [0.15, 0.2) is 54.6 Å². The summed E-state index contributed by atoms with van der Waals surface area (Å²) in [5, 5.41) is 2.26. The van der Waals surface area contributed by atoms with Crippen LogP contribution in [-0.4, -0.2) is 18.5 Å². The number of hydrogen-bond acceptors (Lipinski definition) is 3. The van der Waals surface area contributed by atoms with Gasteiger partial charge < -0.3 is 10.1 Å². The van der Waals surface area contributed by atoms with Crippen LogP contribution in [0.1, 0.15) is 29.5 Å². The van der Waals surface area contributed by atoms with Crippen molar-refractivity contribution >= 4 is 35.1 Å². The highest BCUT2D eigenvalue weighted by Gasteiger charge is 2.27. The number of esters is 1. The summed E-state index contributed by atoms with van der Waals surface area (Å²) in [6.45, 7) is 1.93. The van der Waals surface area contributed by atoms with Crippen LogP contribution in [0.4, 0.5) is 0 Å². The molecule has 6 heteroatoms. The van der Waals surface area contributed by atoms with Gasteiger partial charge in [0.25, 0.3) is 0 Å². The van der Waals surface area contributed by atoms with Crippen molar-refractivity contribution in [2.45, 2.75) is 18.3 Å². The zero-order valence-corrected chi connectivity index (χ0v) is 14.6. The molecule has 2 atom stereocenters. The summed E-state index contributed by atoms with van der Waals surface area (Å²) < 4.78 is 5.05. The van der Waals surface area contributed by atoms with Gasteiger partial charge in [0.1, 0.15) is 5.38 Å². The summed E-state index contributed by atoms with van der Waals surface area (Å²) in [7, 11) is 0. The van der Waals surface area contributed by atoms with Crippen LogP contribution in [0.25, 0.3) is 0 Å².